The molecule has 6 heteroatoms. The molecule has 2 N–H and O–H groups in total. The maximum atomic E-state index is 6.12. The molecule has 0 saturated carbocycles. The number of unbranched alkanes of at least 4 members (excludes halogenated alkanes) is 1. The lowest BCUT2D eigenvalue weighted by molar-refractivity contribution is -0.133. The number of H-pyrrole nitrogens is 1. The van der Waals surface area contributed by atoms with E-state index in [-0.39, 0.29) is 6.29 Å². The molecule has 5 nitrogen and oxygen atoms in total. The van der Waals surface area contributed by atoms with Crippen molar-refractivity contribution in [1.82, 2.24) is 15.3 Å². The Balaban J connectivity index is 2.38. The highest BCUT2D eigenvalue weighted by atomic mass is 35.5. The summed E-state index contributed by atoms with van der Waals surface area (Å²) in [6.07, 6.45) is 2.99. The Morgan fingerprint density at radius 1 is 1.25 bits per heavy atom. The second-order valence-electron chi connectivity index (χ2n) is 4.53. The third kappa shape index (κ3) is 6.22. The number of rotatable bonds is 11. The number of ether oxygens (including phenoxy) is 2. The lowest BCUT2D eigenvalue weighted by Gasteiger charge is -2.17. The first kappa shape index (κ1) is 17.4. The minimum absolute atomic E-state index is 0.216. The van der Waals surface area contributed by atoms with E-state index in [4.69, 9.17) is 21.1 Å². The Hall–Kier alpha value is -0.620. The third-order valence-electron chi connectivity index (χ3n) is 2.86. The van der Waals surface area contributed by atoms with Gasteiger partial charge in [-0.15, -0.1) is 0 Å². The zero-order chi connectivity index (χ0) is 14.8. The number of halogens is 1. The number of nitrogens with one attached hydrogen (secondary N) is 2. The molecule has 20 heavy (non-hydrogen) atoms. The Bertz CT molecular complexity index is 365. The number of aryl methyl sites for hydroxylation is 1. The predicted molar refractivity (Wildman–Crippen MR) is 81.0 cm³/mol. The summed E-state index contributed by atoms with van der Waals surface area (Å²) < 4.78 is 10.9. The Morgan fingerprint density at radius 3 is 2.55 bits per heavy atom. The van der Waals surface area contributed by atoms with Crippen LogP contribution in [0, 0.1) is 0 Å². The van der Waals surface area contributed by atoms with Gasteiger partial charge in [0.1, 0.15) is 5.82 Å². The van der Waals surface area contributed by atoms with Gasteiger partial charge in [-0.1, -0.05) is 24.9 Å². The average molecular weight is 304 g/mol. The van der Waals surface area contributed by atoms with E-state index in [0.717, 1.165) is 30.8 Å². The monoisotopic (exact) mass is 303 g/mol. The Labute approximate surface area is 126 Å². The van der Waals surface area contributed by atoms with Crippen molar-refractivity contribution < 1.29 is 9.47 Å². The van der Waals surface area contributed by atoms with Crippen LogP contribution in [0.5, 0.6) is 0 Å². The summed E-state index contributed by atoms with van der Waals surface area (Å²) in [4.78, 5) is 7.59. The minimum Gasteiger partial charge on any atom is -0.352 e. The van der Waals surface area contributed by atoms with Crippen molar-refractivity contribution in [1.29, 1.82) is 0 Å². The number of hydrogen-bond donors (Lipinski definition) is 2. The topological polar surface area (TPSA) is 59.2 Å². The molecule has 0 bridgehead atoms. The van der Waals surface area contributed by atoms with Gasteiger partial charge >= 0.3 is 0 Å². The maximum absolute atomic E-state index is 6.12. The van der Waals surface area contributed by atoms with E-state index in [1.165, 1.54) is 0 Å². The van der Waals surface area contributed by atoms with Crippen LogP contribution in [0.4, 0.5) is 0 Å². The van der Waals surface area contributed by atoms with Crippen molar-refractivity contribution >= 4 is 11.6 Å². The second-order valence-corrected chi connectivity index (χ2v) is 4.89. The minimum atomic E-state index is -0.216. The van der Waals surface area contributed by atoms with Crippen LogP contribution in [-0.2, 0) is 22.4 Å². The summed E-state index contributed by atoms with van der Waals surface area (Å²) in [6, 6.07) is 0. The smallest absolute Gasteiger partial charge is 0.169 e. The Morgan fingerprint density at radius 2 is 1.95 bits per heavy atom. The zero-order valence-electron chi connectivity index (χ0n) is 12.7. The van der Waals surface area contributed by atoms with Crippen LogP contribution in [0.1, 0.15) is 45.1 Å². The summed E-state index contributed by atoms with van der Waals surface area (Å²) in [7, 11) is 0. The van der Waals surface area contributed by atoms with Gasteiger partial charge in [0, 0.05) is 32.7 Å². The molecular weight excluding hydrogens is 278 g/mol. The van der Waals surface area contributed by atoms with Crippen LogP contribution in [0.3, 0.4) is 0 Å². The van der Waals surface area contributed by atoms with Gasteiger partial charge in [0.2, 0.25) is 0 Å². The van der Waals surface area contributed by atoms with Crippen LogP contribution in [0.15, 0.2) is 0 Å². The molecule has 0 aliphatic heterocycles. The largest absolute Gasteiger partial charge is 0.352 e. The second kappa shape index (κ2) is 10.2. The Kier molecular flexibility index (Phi) is 8.85. The van der Waals surface area contributed by atoms with Gasteiger partial charge in [0.25, 0.3) is 0 Å². The maximum Gasteiger partial charge on any atom is 0.169 e. The van der Waals surface area contributed by atoms with Gasteiger partial charge in [-0.25, -0.2) is 4.98 Å². The lowest BCUT2D eigenvalue weighted by atomic mass is 10.2. The van der Waals surface area contributed by atoms with Crippen LogP contribution in [-0.4, -0.2) is 36.0 Å². The fourth-order valence-corrected chi connectivity index (χ4v) is 2.09. The first-order chi connectivity index (χ1) is 9.71. The summed E-state index contributed by atoms with van der Waals surface area (Å²) in [5, 5.41) is 3.83. The van der Waals surface area contributed by atoms with Crippen LogP contribution in [0.25, 0.3) is 0 Å². The molecule has 1 aromatic rings. The molecule has 1 heterocycles. The summed E-state index contributed by atoms with van der Waals surface area (Å²) in [5.74, 6) is 0.958. The van der Waals surface area contributed by atoms with Crippen molar-refractivity contribution in [2.24, 2.45) is 0 Å². The molecule has 0 unspecified atom stereocenters. The SMILES string of the molecule is CCCCc1nc(Cl)c(CNCC(OCC)OCC)[nH]1. The van der Waals surface area contributed by atoms with Crippen molar-refractivity contribution in [3.63, 3.8) is 0 Å². The summed E-state index contributed by atoms with van der Waals surface area (Å²) in [6.45, 7) is 8.61. The fourth-order valence-electron chi connectivity index (χ4n) is 1.87. The average Bonchev–Trinajstić information content (AvgIpc) is 2.77. The standard InChI is InChI=1S/C14H26ClN3O2/c1-4-7-8-12-17-11(14(15)18-12)9-16-10-13(19-5-2)20-6-3/h13,16H,4-10H2,1-3H3,(H,17,18). The van der Waals surface area contributed by atoms with Crippen molar-refractivity contribution in [3.8, 4) is 0 Å². The molecule has 0 radical (unpaired) electrons. The van der Waals surface area contributed by atoms with Gasteiger partial charge < -0.3 is 19.8 Å². The number of hydrogen-bond acceptors (Lipinski definition) is 4. The number of nitrogens with zero attached hydrogens (tertiary/aromatic N) is 1. The first-order valence-corrected chi connectivity index (χ1v) is 7.76. The quantitative estimate of drug-likeness (QED) is 0.617. The van der Waals surface area contributed by atoms with Gasteiger partial charge in [0.15, 0.2) is 11.4 Å². The number of aromatic nitrogens is 2. The van der Waals surface area contributed by atoms with Gasteiger partial charge in [-0.3, -0.25) is 0 Å². The fraction of sp³-hybridized carbons (Fsp3) is 0.786. The van der Waals surface area contributed by atoms with E-state index in [9.17, 15) is 0 Å². The van der Waals surface area contributed by atoms with Crippen LogP contribution >= 0.6 is 11.6 Å². The first-order valence-electron chi connectivity index (χ1n) is 7.38. The van der Waals surface area contributed by atoms with E-state index in [1.807, 2.05) is 13.8 Å². The van der Waals surface area contributed by atoms with Crippen molar-refractivity contribution in [3.05, 3.63) is 16.7 Å². The summed E-state index contributed by atoms with van der Waals surface area (Å²) in [5.41, 5.74) is 0.921. The van der Waals surface area contributed by atoms with E-state index >= 15 is 0 Å². The molecule has 0 saturated heterocycles. The number of aromatic amines is 1. The molecule has 0 aliphatic rings. The molecule has 0 spiro atoms. The molecule has 0 amide bonds. The van der Waals surface area contributed by atoms with E-state index in [2.05, 4.69) is 22.2 Å². The van der Waals surface area contributed by atoms with Crippen LogP contribution < -0.4 is 5.32 Å². The zero-order valence-corrected chi connectivity index (χ0v) is 13.4. The molecule has 0 aliphatic carbocycles. The molecular formula is C14H26ClN3O2. The highest BCUT2D eigenvalue weighted by Gasteiger charge is 2.10. The molecule has 116 valence electrons. The predicted octanol–water partition coefficient (Wildman–Crippen LogP) is 2.89. The summed E-state index contributed by atoms with van der Waals surface area (Å²) >= 11 is 6.12. The molecule has 0 aromatic carbocycles. The van der Waals surface area contributed by atoms with Gasteiger partial charge in [-0.2, -0.15) is 0 Å². The molecule has 1 aromatic heterocycles. The van der Waals surface area contributed by atoms with E-state index in [1.54, 1.807) is 0 Å². The number of imidazole rings is 1. The van der Waals surface area contributed by atoms with E-state index in [0.29, 0.717) is 31.5 Å². The highest BCUT2D eigenvalue weighted by Crippen LogP contribution is 2.14. The third-order valence-corrected chi connectivity index (χ3v) is 3.17. The molecule has 0 fully saturated rings. The highest BCUT2D eigenvalue weighted by molar-refractivity contribution is 6.30. The van der Waals surface area contributed by atoms with E-state index < -0.39 is 0 Å². The normalized spacial score (nSPS) is 11.4. The van der Waals surface area contributed by atoms with Crippen molar-refractivity contribution in [2.75, 3.05) is 19.8 Å². The van der Waals surface area contributed by atoms with Gasteiger partial charge in [-0.05, 0) is 20.3 Å². The van der Waals surface area contributed by atoms with Gasteiger partial charge in [0.05, 0.1) is 5.69 Å². The van der Waals surface area contributed by atoms with Crippen molar-refractivity contribution in [2.45, 2.75) is 52.9 Å². The molecule has 1 rings (SSSR count). The van der Waals surface area contributed by atoms with Crippen LogP contribution in [0.2, 0.25) is 5.15 Å². The lowest BCUT2D eigenvalue weighted by Crippen LogP contribution is -2.31. The molecule has 0 atom stereocenters.